The van der Waals surface area contributed by atoms with Crippen molar-refractivity contribution in [3.05, 3.63) is 83.7 Å². The number of aryl methyl sites for hydroxylation is 3. The van der Waals surface area contributed by atoms with E-state index in [1.54, 1.807) is 4.68 Å². The predicted molar refractivity (Wildman–Crippen MR) is 138 cm³/mol. The van der Waals surface area contributed by atoms with Crippen LogP contribution in [-0.4, -0.2) is 56.7 Å². The summed E-state index contributed by atoms with van der Waals surface area (Å²) >= 11 is 0. The van der Waals surface area contributed by atoms with Crippen molar-refractivity contribution >= 4 is 23.4 Å². The first kappa shape index (κ1) is 22.6. The van der Waals surface area contributed by atoms with Crippen LogP contribution in [0.3, 0.4) is 0 Å². The molecule has 1 fully saturated rings. The van der Waals surface area contributed by atoms with Gasteiger partial charge in [-0.2, -0.15) is 10.1 Å². The third-order valence-electron chi connectivity index (χ3n) is 6.18. The first-order chi connectivity index (χ1) is 17.0. The fraction of sp³-hybridized carbons (Fsp3) is 0.259. The van der Waals surface area contributed by atoms with Crippen LogP contribution in [0.25, 0.3) is 11.3 Å². The molecule has 1 amide bonds. The minimum Gasteiger partial charge on any atom is -0.340 e. The highest BCUT2D eigenvalue weighted by atomic mass is 16.2. The Morgan fingerprint density at radius 2 is 1.60 bits per heavy atom. The topological polar surface area (TPSA) is 79.2 Å². The van der Waals surface area contributed by atoms with Crippen molar-refractivity contribution in [3.8, 4) is 11.3 Å². The molecule has 0 spiro atoms. The summed E-state index contributed by atoms with van der Waals surface area (Å²) in [7, 11) is 1.82. The maximum absolute atomic E-state index is 13.2. The van der Waals surface area contributed by atoms with Gasteiger partial charge in [0, 0.05) is 56.2 Å². The number of aromatic nitrogens is 4. The van der Waals surface area contributed by atoms with Gasteiger partial charge in [0.2, 0.25) is 5.95 Å². The molecule has 8 nitrogen and oxygen atoms in total. The standard InChI is InChI=1S/C27H29N7O/c1-19-9-11-22(12-10-19)29-25-17-20(2)28-27(30-25)34-15-13-33(14-16-34)26(35)24-18-23(31-32(24)3)21-7-5-4-6-8-21/h4-12,17-18H,13-16H2,1-3H3,(H,28,29,30). The zero-order valence-electron chi connectivity index (χ0n) is 20.3. The third kappa shape index (κ3) is 5.01. The molecule has 2 aromatic heterocycles. The summed E-state index contributed by atoms with van der Waals surface area (Å²) in [6, 6.07) is 21.9. The smallest absolute Gasteiger partial charge is 0.272 e. The van der Waals surface area contributed by atoms with Crippen LogP contribution in [0.2, 0.25) is 0 Å². The predicted octanol–water partition coefficient (Wildman–Crippen LogP) is 4.20. The number of hydrogen-bond acceptors (Lipinski definition) is 6. The second-order valence-electron chi connectivity index (χ2n) is 8.87. The Bertz CT molecular complexity index is 1320. The summed E-state index contributed by atoms with van der Waals surface area (Å²) in [6.45, 7) is 6.58. The molecule has 1 N–H and O–H groups in total. The van der Waals surface area contributed by atoms with Gasteiger partial charge in [0.15, 0.2) is 0 Å². The van der Waals surface area contributed by atoms with Gasteiger partial charge in [0.05, 0.1) is 5.69 Å². The molecule has 8 heteroatoms. The number of hydrogen-bond donors (Lipinski definition) is 1. The van der Waals surface area contributed by atoms with Crippen LogP contribution >= 0.6 is 0 Å². The summed E-state index contributed by atoms with van der Waals surface area (Å²) in [6.07, 6.45) is 0. The Balaban J connectivity index is 1.26. The first-order valence-corrected chi connectivity index (χ1v) is 11.8. The molecule has 4 aromatic rings. The van der Waals surface area contributed by atoms with Gasteiger partial charge in [-0.15, -0.1) is 0 Å². The average Bonchev–Trinajstić information content (AvgIpc) is 3.27. The number of benzene rings is 2. The highest BCUT2D eigenvalue weighted by Crippen LogP contribution is 2.22. The highest BCUT2D eigenvalue weighted by Gasteiger charge is 2.26. The Morgan fingerprint density at radius 3 is 2.31 bits per heavy atom. The molecule has 2 aromatic carbocycles. The Kier molecular flexibility index (Phi) is 6.18. The normalized spacial score (nSPS) is 13.7. The molecular formula is C27H29N7O. The molecule has 5 rings (SSSR count). The van der Waals surface area contributed by atoms with E-state index in [4.69, 9.17) is 4.98 Å². The Morgan fingerprint density at radius 1 is 0.886 bits per heavy atom. The number of carbonyl (C=O) groups is 1. The van der Waals surface area contributed by atoms with E-state index in [0.29, 0.717) is 37.8 Å². The van der Waals surface area contributed by atoms with E-state index in [1.165, 1.54) is 5.56 Å². The average molecular weight is 468 g/mol. The number of amides is 1. The van der Waals surface area contributed by atoms with Gasteiger partial charge in [-0.3, -0.25) is 9.48 Å². The Hall–Kier alpha value is -4.20. The molecule has 35 heavy (non-hydrogen) atoms. The molecule has 3 heterocycles. The van der Waals surface area contributed by atoms with E-state index in [0.717, 1.165) is 28.5 Å². The zero-order chi connectivity index (χ0) is 24.4. The van der Waals surface area contributed by atoms with Gasteiger partial charge in [-0.05, 0) is 32.0 Å². The molecular weight excluding hydrogens is 438 g/mol. The van der Waals surface area contributed by atoms with Gasteiger partial charge in [0.1, 0.15) is 11.5 Å². The van der Waals surface area contributed by atoms with Crippen molar-refractivity contribution in [3.63, 3.8) is 0 Å². The van der Waals surface area contributed by atoms with Crippen LogP contribution < -0.4 is 10.2 Å². The molecule has 0 unspecified atom stereocenters. The summed E-state index contributed by atoms with van der Waals surface area (Å²) in [5.74, 6) is 1.44. The maximum Gasteiger partial charge on any atom is 0.272 e. The van der Waals surface area contributed by atoms with E-state index in [2.05, 4.69) is 39.4 Å². The van der Waals surface area contributed by atoms with Crippen LogP contribution in [0.4, 0.5) is 17.5 Å². The fourth-order valence-electron chi connectivity index (χ4n) is 4.23. The summed E-state index contributed by atoms with van der Waals surface area (Å²) < 4.78 is 1.67. The number of nitrogens with one attached hydrogen (secondary N) is 1. The van der Waals surface area contributed by atoms with Crippen LogP contribution in [0.1, 0.15) is 21.7 Å². The van der Waals surface area contributed by atoms with Crippen molar-refractivity contribution in [2.24, 2.45) is 7.05 Å². The van der Waals surface area contributed by atoms with E-state index >= 15 is 0 Å². The molecule has 0 radical (unpaired) electrons. The zero-order valence-corrected chi connectivity index (χ0v) is 20.3. The van der Waals surface area contributed by atoms with Crippen LogP contribution in [0.15, 0.2) is 66.7 Å². The molecule has 1 aliphatic heterocycles. The van der Waals surface area contributed by atoms with Crippen molar-refractivity contribution in [2.45, 2.75) is 13.8 Å². The van der Waals surface area contributed by atoms with Crippen molar-refractivity contribution < 1.29 is 4.79 Å². The number of carbonyl (C=O) groups excluding carboxylic acids is 1. The molecule has 0 atom stereocenters. The van der Waals surface area contributed by atoms with E-state index < -0.39 is 0 Å². The lowest BCUT2D eigenvalue weighted by atomic mass is 10.1. The summed E-state index contributed by atoms with van der Waals surface area (Å²) in [4.78, 5) is 26.7. The van der Waals surface area contributed by atoms with Crippen LogP contribution in [-0.2, 0) is 7.05 Å². The lowest BCUT2D eigenvalue weighted by Gasteiger charge is -2.34. The monoisotopic (exact) mass is 467 g/mol. The number of piperazine rings is 1. The maximum atomic E-state index is 13.2. The largest absolute Gasteiger partial charge is 0.340 e. The molecule has 0 saturated carbocycles. The minimum absolute atomic E-state index is 0.00582. The quantitative estimate of drug-likeness (QED) is 0.474. The highest BCUT2D eigenvalue weighted by molar-refractivity contribution is 5.94. The second-order valence-corrected chi connectivity index (χ2v) is 8.87. The van der Waals surface area contributed by atoms with Crippen molar-refractivity contribution in [1.29, 1.82) is 0 Å². The van der Waals surface area contributed by atoms with E-state index in [-0.39, 0.29) is 5.91 Å². The van der Waals surface area contributed by atoms with Gasteiger partial charge in [-0.1, -0.05) is 48.0 Å². The van der Waals surface area contributed by atoms with Gasteiger partial charge in [0.25, 0.3) is 5.91 Å². The molecule has 0 bridgehead atoms. The summed E-state index contributed by atoms with van der Waals surface area (Å²) in [5.41, 5.74) is 5.49. The number of anilines is 3. The minimum atomic E-state index is -0.00582. The van der Waals surface area contributed by atoms with Crippen molar-refractivity contribution in [1.82, 2.24) is 24.6 Å². The lowest BCUT2D eigenvalue weighted by Crippen LogP contribution is -2.49. The fourth-order valence-corrected chi connectivity index (χ4v) is 4.23. The van der Waals surface area contributed by atoms with Gasteiger partial charge >= 0.3 is 0 Å². The summed E-state index contributed by atoms with van der Waals surface area (Å²) in [5, 5.41) is 7.92. The van der Waals surface area contributed by atoms with Gasteiger partial charge < -0.3 is 15.1 Å². The molecule has 0 aliphatic carbocycles. The van der Waals surface area contributed by atoms with E-state index in [1.807, 2.05) is 73.5 Å². The molecule has 178 valence electrons. The molecule has 1 aliphatic rings. The van der Waals surface area contributed by atoms with Gasteiger partial charge in [-0.25, -0.2) is 4.98 Å². The van der Waals surface area contributed by atoms with Crippen molar-refractivity contribution in [2.75, 3.05) is 36.4 Å². The number of nitrogens with zero attached hydrogens (tertiary/aromatic N) is 6. The lowest BCUT2D eigenvalue weighted by molar-refractivity contribution is 0.0735. The first-order valence-electron chi connectivity index (χ1n) is 11.8. The van der Waals surface area contributed by atoms with E-state index in [9.17, 15) is 4.79 Å². The number of rotatable bonds is 5. The van der Waals surface area contributed by atoms with Crippen LogP contribution in [0.5, 0.6) is 0 Å². The van der Waals surface area contributed by atoms with Crippen LogP contribution in [0, 0.1) is 13.8 Å². The second kappa shape index (κ2) is 9.58. The Labute approximate surface area is 205 Å². The molecule has 1 saturated heterocycles. The third-order valence-corrected chi connectivity index (χ3v) is 6.18. The SMILES string of the molecule is Cc1ccc(Nc2cc(C)nc(N3CCN(C(=O)c4cc(-c5ccccc5)nn4C)CC3)n2)cc1.